The highest BCUT2D eigenvalue weighted by Crippen LogP contribution is 2.33. The maximum absolute atomic E-state index is 12.6. The van der Waals surface area contributed by atoms with Crippen LogP contribution in [0.5, 0.6) is 0 Å². The van der Waals surface area contributed by atoms with Crippen molar-refractivity contribution < 1.29 is 14.7 Å². The molecule has 130 valence electrons. The Balaban J connectivity index is 1.60. The highest BCUT2D eigenvalue weighted by atomic mass is 16.3. The maximum Gasteiger partial charge on any atom is 0.227 e. The molecule has 0 bridgehead atoms. The highest BCUT2D eigenvalue weighted by Gasteiger charge is 2.39. The van der Waals surface area contributed by atoms with Gasteiger partial charge in [0.15, 0.2) is 0 Å². The summed E-state index contributed by atoms with van der Waals surface area (Å²) in [7, 11) is 1.72. The predicted molar refractivity (Wildman–Crippen MR) is 91.0 cm³/mol. The number of hydrogen-bond acceptors (Lipinski definition) is 3. The average Bonchev–Trinajstić information content (AvgIpc) is 3.37. The van der Waals surface area contributed by atoms with Gasteiger partial charge in [0.1, 0.15) is 0 Å². The standard InChI is InChI=1S/C19H26N2O3/c1-13(14-6-4-3-5-7-14)21-11-16(10-18(21)23)19(24)20(2)12-17(22)15-8-9-15/h3-7,13,15-17,22H,8-12H2,1-2H3. The Kier molecular flexibility index (Phi) is 4.90. The summed E-state index contributed by atoms with van der Waals surface area (Å²) in [4.78, 5) is 28.4. The van der Waals surface area contributed by atoms with Gasteiger partial charge in [-0.3, -0.25) is 9.59 Å². The van der Waals surface area contributed by atoms with E-state index in [1.165, 1.54) is 0 Å². The van der Waals surface area contributed by atoms with E-state index in [1.54, 1.807) is 16.8 Å². The minimum atomic E-state index is -0.435. The lowest BCUT2D eigenvalue weighted by Crippen LogP contribution is -2.40. The van der Waals surface area contributed by atoms with Crippen molar-refractivity contribution >= 4 is 11.8 Å². The third-order valence-electron chi connectivity index (χ3n) is 5.26. The summed E-state index contributed by atoms with van der Waals surface area (Å²) in [6, 6.07) is 9.86. The van der Waals surface area contributed by atoms with E-state index >= 15 is 0 Å². The summed E-state index contributed by atoms with van der Waals surface area (Å²) < 4.78 is 0. The lowest BCUT2D eigenvalue weighted by molar-refractivity contribution is -0.136. The third kappa shape index (κ3) is 3.61. The first kappa shape index (κ1) is 17.0. The molecule has 3 atom stereocenters. The van der Waals surface area contributed by atoms with E-state index in [2.05, 4.69) is 0 Å². The molecule has 2 aliphatic rings. The SMILES string of the molecule is CC(c1ccccc1)N1CC(C(=O)N(C)CC(O)C2CC2)CC1=O. The highest BCUT2D eigenvalue weighted by molar-refractivity contribution is 5.89. The van der Waals surface area contributed by atoms with Crippen molar-refractivity contribution in [3.63, 3.8) is 0 Å². The van der Waals surface area contributed by atoms with E-state index in [1.807, 2.05) is 37.3 Å². The molecule has 1 N–H and O–H groups in total. The van der Waals surface area contributed by atoms with Gasteiger partial charge in [-0.1, -0.05) is 30.3 Å². The van der Waals surface area contributed by atoms with E-state index in [4.69, 9.17) is 0 Å². The number of likely N-dealkylation sites (N-methyl/N-ethyl adjacent to an activating group) is 1. The minimum absolute atomic E-state index is 0.0286. The molecule has 1 aliphatic heterocycles. The van der Waals surface area contributed by atoms with Crippen molar-refractivity contribution in [2.45, 2.75) is 38.3 Å². The zero-order valence-corrected chi connectivity index (χ0v) is 14.4. The predicted octanol–water partition coefficient (Wildman–Crippen LogP) is 1.83. The fraction of sp³-hybridized carbons (Fsp3) is 0.579. The molecule has 1 saturated carbocycles. The number of nitrogens with zero attached hydrogens (tertiary/aromatic N) is 2. The Morgan fingerprint density at radius 3 is 2.62 bits per heavy atom. The summed E-state index contributed by atoms with van der Waals surface area (Å²) in [6.45, 7) is 2.82. The Morgan fingerprint density at radius 1 is 1.33 bits per heavy atom. The van der Waals surface area contributed by atoms with Crippen LogP contribution >= 0.6 is 0 Å². The molecule has 3 unspecified atom stereocenters. The molecule has 5 nitrogen and oxygen atoms in total. The maximum atomic E-state index is 12.6. The van der Waals surface area contributed by atoms with Crippen LogP contribution in [0.3, 0.4) is 0 Å². The Hall–Kier alpha value is -1.88. The summed E-state index contributed by atoms with van der Waals surface area (Å²) in [5.41, 5.74) is 1.08. The lowest BCUT2D eigenvalue weighted by Gasteiger charge is -2.26. The van der Waals surface area contributed by atoms with E-state index in [-0.39, 0.29) is 30.2 Å². The Bertz CT molecular complexity index is 600. The molecule has 1 aliphatic carbocycles. The molecule has 1 aromatic carbocycles. The number of hydrogen-bond donors (Lipinski definition) is 1. The van der Waals surface area contributed by atoms with Gasteiger partial charge < -0.3 is 14.9 Å². The van der Waals surface area contributed by atoms with Crippen LogP contribution in [0.15, 0.2) is 30.3 Å². The van der Waals surface area contributed by atoms with Crippen LogP contribution < -0.4 is 0 Å². The van der Waals surface area contributed by atoms with Gasteiger partial charge in [-0.05, 0) is 31.2 Å². The van der Waals surface area contributed by atoms with E-state index in [9.17, 15) is 14.7 Å². The number of rotatable bonds is 6. The molecular formula is C19H26N2O3. The van der Waals surface area contributed by atoms with Crippen LogP contribution in [0, 0.1) is 11.8 Å². The Labute approximate surface area is 143 Å². The van der Waals surface area contributed by atoms with Gasteiger partial charge in [-0.15, -0.1) is 0 Å². The van der Waals surface area contributed by atoms with Gasteiger partial charge in [0.25, 0.3) is 0 Å². The molecule has 5 heteroatoms. The number of benzene rings is 1. The van der Waals surface area contributed by atoms with Crippen LogP contribution in [0.2, 0.25) is 0 Å². The van der Waals surface area contributed by atoms with Gasteiger partial charge in [0, 0.05) is 26.6 Å². The minimum Gasteiger partial charge on any atom is -0.391 e. The fourth-order valence-corrected chi connectivity index (χ4v) is 3.50. The number of aliphatic hydroxyl groups is 1. The number of carbonyl (C=O) groups excluding carboxylic acids is 2. The summed E-state index contributed by atoms with van der Waals surface area (Å²) in [5.74, 6) is 0.0341. The number of aliphatic hydroxyl groups excluding tert-OH is 1. The first-order chi connectivity index (χ1) is 11.5. The molecule has 3 rings (SSSR count). The van der Waals surface area contributed by atoms with E-state index in [0.717, 1.165) is 18.4 Å². The number of amides is 2. The molecule has 1 aromatic rings. The molecule has 1 saturated heterocycles. The Morgan fingerprint density at radius 2 is 2.00 bits per heavy atom. The second-order valence-electron chi connectivity index (χ2n) is 7.16. The van der Waals surface area contributed by atoms with Crippen molar-refractivity contribution in [3.05, 3.63) is 35.9 Å². The van der Waals surface area contributed by atoms with Crippen LogP contribution in [0.1, 0.15) is 37.8 Å². The molecule has 0 spiro atoms. The van der Waals surface area contributed by atoms with E-state index < -0.39 is 6.10 Å². The second kappa shape index (κ2) is 6.93. The molecular weight excluding hydrogens is 304 g/mol. The van der Waals surface area contributed by atoms with Crippen molar-refractivity contribution in [2.75, 3.05) is 20.1 Å². The molecule has 1 heterocycles. The van der Waals surface area contributed by atoms with Crippen LogP contribution in [-0.2, 0) is 9.59 Å². The lowest BCUT2D eigenvalue weighted by atomic mass is 10.1. The van der Waals surface area contributed by atoms with E-state index in [0.29, 0.717) is 19.0 Å². The zero-order chi connectivity index (χ0) is 17.3. The van der Waals surface area contributed by atoms with Gasteiger partial charge in [0.2, 0.25) is 11.8 Å². The third-order valence-corrected chi connectivity index (χ3v) is 5.26. The van der Waals surface area contributed by atoms with Gasteiger partial charge in [0.05, 0.1) is 18.1 Å². The molecule has 2 fully saturated rings. The average molecular weight is 330 g/mol. The van der Waals surface area contributed by atoms with Crippen LogP contribution in [0.25, 0.3) is 0 Å². The first-order valence-corrected chi connectivity index (χ1v) is 8.75. The molecule has 2 amide bonds. The van der Waals surface area contributed by atoms with Gasteiger partial charge in [-0.25, -0.2) is 0 Å². The summed E-state index contributed by atoms with van der Waals surface area (Å²) >= 11 is 0. The molecule has 24 heavy (non-hydrogen) atoms. The zero-order valence-electron chi connectivity index (χ0n) is 14.4. The number of carbonyl (C=O) groups is 2. The second-order valence-corrected chi connectivity index (χ2v) is 7.16. The smallest absolute Gasteiger partial charge is 0.227 e. The molecule has 0 radical (unpaired) electrons. The van der Waals surface area contributed by atoms with Crippen LogP contribution in [-0.4, -0.2) is 53.0 Å². The monoisotopic (exact) mass is 330 g/mol. The fourth-order valence-electron chi connectivity index (χ4n) is 3.50. The topological polar surface area (TPSA) is 60.9 Å². The van der Waals surface area contributed by atoms with Gasteiger partial charge >= 0.3 is 0 Å². The summed E-state index contributed by atoms with van der Waals surface area (Å²) in [6.07, 6.45) is 1.93. The largest absolute Gasteiger partial charge is 0.391 e. The molecule has 0 aromatic heterocycles. The first-order valence-electron chi connectivity index (χ1n) is 8.75. The summed E-state index contributed by atoms with van der Waals surface area (Å²) in [5, 5.41) is 10.0. The van der Waals surface area contributed by atoms with Gasteiger partial charge in [-0.2, -0.15) is 0 Å². The quantitative estimate of drug-likeness (QED) is 0.865. The van der Waals surface area contributed by atoms with Crippen molar-refractivity contribution in [1.29, 1.82) is 0 Å². The number of likely N-dealkylation sites (tertiary alicyclic amines) is 1. The van der Waals surface area contributed by atoms with Crippen molar-refractivity contribution in [3.8, 4) is 0 Å². The van der Waals surface area contributed by atoms with Crippen molar-refractivity contribution in [1.82, 2.24) is 9.80 Å². The normalized spacial score (nSPS) is 23.2. The van der Waals surface area contributed by atoms with Crippen molar-refractivity contribution in [2.24, 2.45) is 11.8 Å². The van der Waals surface area contributed by atoms with Crippen LogP contribution in [0.4, 0.5) is 0 Å².